The van der Waals surface area contributed by atoms with Crippen LogP contribution in [0.4, 0.5) is 13.2 Å². The fraction of sp³-hybridized carbons (Fsp3) is 0.238. The number of carbonyl (C=O) groups is 1. The van der Waals surface area contributed by atoms with Crippen LogP contribution in [0.1, 0.15) is 22.6 Å². The summed E-state index contributed by atoms with van der Waals surface area (Å²) in [6.45, 7) is 3.22. The van der Waals surface area contributed by atoms with Crippen LogP contribution in [0.5, 0.6) is 5.75 Å². The van der Waals surface area contributed by atoms with Crippen molar-refractivity contribution in [2.75, 3.05) is 6.61 Å². The second kappa shape index (κ2) is 8.83. The highest BCUT2D eigenvalue weighted by atomic mass is 32.2. The fourth-order valence-corrected chi connectivity index (χ4v) is 3.70. The molecule has 5 nitrogen and oxygen atoms in total. The van der Waals surface area contributed by atoms with Gasteiger partial charge >= 0.3 is 12.1 Å². The van der Waals surface area contributed by atoms with Crippen LogP contribution in [0.25, 0.3) is 11.5 Å². The van der Waals surface area contributed by atoms with E-state index in [0.717, 1.165) is 22.6 Å². The number of ether oxygens (including phenoxy) is 1. The molecule has 0 saturated carbocycles. The van der Waals surface area contributed by atoms with Gasteiger partial charge in [0, 0.05) is 10.5 Å². The van der Waals surface area contributed by atoms with E-state index in [1.165, 1.54) is 23.9 Å². The van der Waals surface area contributed by atoms with Crippen molar-refractivity contribution in [1.82, 2.24) is 4.98 Å². The Morgan fingerprint density at radius 2 is 1.87 bits per heavy atom. The van der Waals surface area contributed by atoms with E-state index in [-0.39, 0.29) is 5.89 Å². The first-order valence-corrected chi connectivity index (χ1v) is 9.83. The molecule has 1 N–H and O–H groups in total. The van der Waals surface area contributed by atoms with Gasteiger partial charge in [0.25, 0.3) is 0 Å². The van der Waals surface area contributed by atoms with Crippen LogP contribution in [-0.2, 0) is 16.7 Å². The van der Waals surface area contributed by atoms with Gasteiger partial charge in [-0.25, -0.2) is 9.78 Å². The lowest BCUT2D eigenvalue weighted by molar-refractivity contribution is -0.139. The van der Waals surface area contributed by atoms with Gasteiger partial charge in [0.05, 0.1) is 17.0 Å². The van der Waals surface area contributed by atoms with Gasteiger partial charge in [-0.2, -0.15) is 13.2 Å². The number of alkyl halides is 3. The molecule has 2 aromatic carbocycles. The van der Waals surface area contributed by atoms with E-state index in [1.807, 2.05) is 13.0 Å². The molecule has 0 aliphatic rings. The summed E-state index contributed by atoms with van der Waals surface area (Å²) in [4.78, 5) is 15.9. The standard InChI is InChI=1S/C21H18F3NO4S/c1-12-7-16(28-10-19(26)27)9-17(8-12)30-11-18-13(2)25-20(29-18)14-3-5-15(6-4-14)21(22,23)24/h3-9H,10-11H2,1-2H3,(H,26,27). The molecule has 30 heavy (non-hydrogen) atoms. The number of rotatable bonds is 7. The third-order valence-corrected chi connectivity index (χ3v) is 5.08. The first kappa shape index (κ1) is 21.8. The maximum atomic E-state index is 12.7. The minimum atomic E-state index is -4.40. The molecule has 9 heteroatoms. The van der Waals surface area contributed by atoms with Crippen LogP contribution in [0.2, 0.25) is 0 Å². The number of thioether (sulfide) groups is 1. The third-order valence-electron chi connectivity index (χ3n) is 4.11. The first-order valence-electron chi connectivity index (χ1n) is 8.85. The van der Waals surface area contributed by atoms with E-state index >= 15 is 0 Å². The van der Waals surface area contributed by atoms with Gasteiger partial charge in [-0.15, -0.1) is 11.8 Å². The lowest BCUT2D eigenvalue weighted by Gasteiger charge is -2.08. The molecule has 1 aromatic heterocycles. The zero-order valence-electron chi connectivity index (χ0n) is 16.1. The Morgan fingerprint density at radius 1 is 1.17 bits per heavy atom. The molecule has 0 saturated heterocycles. The molecule has 158 valence electrons. The highest BCUT2D eigenvalue weighted by molar-refractivity contribution is 7.98. The number of aliphatic carboxylic acids is 1. The van der Waals surface area contributed by atoms with Gasteiger partial charge in [0.2, 0.25) is 5.89 Å². The largest absolute Gasteiger partial charge is 0.482 e. The molecule has 0 unspecified atom stereocenters. The van der Waals surface area contributed by atoms with Gasteiger partial charge in [-0.05, 0) is 61.9 Å². The van der Waals surface area contributed by atoms with Crippen molar-refractivity contribution in [3.05, 3.63) is 65.0 Å². The van der Waals surface area contributed by atoms with Crippen LogP contribution < -0.4 is 4.74 Å². The molecule has 3 aromatic rings. The Balaban J connectivity index is 1.72. The minimum Gasteiger partial charge on any atom is -0.482 e. The van der Waals surface area contributed by atoms with Gasteiger partial charge in [-0.3, -0.25) is 0 Å². The predicted octanol–water partition coefficient (Wildman–Crippen LogP) is 5.73. The average molecular weight is 437 g/mol. The predicted molar refractivity (Wildman–Crippen MR) is 106 cm³/mol. The summed E-state index contributed by atoms with van der Waals surface area (Å²) in [7, 11) is 0. The molecule has 0 amide bonds. The van der Waals surface area contributed by atoms with Gasteiger partial charge in [0.15, 0.2) is 6.61 Å². The van der Waals surface area contributed by atoms with Crippen molar-refractivity contribution in [2.45, 2.75) is 30.7 Å². The van der Waals surface area contributed by atoms with Crippen molar-refractivity contribution in [3.63, 3.8) is 0 Å². The number of hydrogen-bond donors (Lipinski definition) is 1. The Kier molecular flexibility index (Phi) is 6.40. The SMILES string of the molecule is Cc1cc(OCC(=O)O)cc(SCc2oc(-c3ccc(C(F)(F)F)cc3)nc2C)c1. The number of benzene rings is 2. The van der Waals surface area contributed by atoms with Crippen molar-refractivity contribution >= 4 is 17.7 Å². The van der Waals surface area contributed by atoms with Crippen LogP contribution in [0.3, 0.4) is 0 Å². The quantitative estimate of drug-likeness (QED) is 0.476. The summed E-state index contributed by atoms with van der Waals surface area (Å²) in [5, 5.41) is 8.74. The number of oxazole rings is 1. The second-order valence-electron chi connectivity index (χ2n) is 6.56. The van der Waals surface area contributed by atoms with Crippen molar-refractivity contribution in [1.29, 1.82) is 0 Å². The maximum absolute atomic E-state index is 12.7. The topological polar surface area (TPSA) is 72.6 Å². The van der Waals surface area contributed by atoms with Gasteiger partial charge in [-0.1, -0.05) is 0 Å². The monoisotopic (exact) mass is 437 g/mol. The number of carboxylic acids is 1. The van der Waals surface area contributed by atoms with Crippen molar-refractivity contribution in [3.8, 4) is 17.2 Å². The lowest BCUT2D eigenvalue weighted by atomic mass is 10.1. The van der Waals surface area contributed by atoms with E-state index < -0.39 is 24.3 Å². The molecular formula is C21H18F3NO4S. The Hall–Kier alpha value is -2.94. The van der Waals surface area contributed by atoms with Gasteiger partial charge in [0.1, 0.15) is 11.5 Å². The zero-order chi connectivity index (χ0) is 21.9. The summed E-state index contributed by atoms with van der Waals surface area (Å²) in [5.41, 5.74) is 1.29. The number of nitrogens with zero attached hydrogens (tertiary/aromatic N) is 1. The number of aryl methyl sites for hydroxylation is 2. The average Bonchev–Trinajstić information content (AvgIpc) is 3.04. The summed E-state index contributed by atoms with van der Waals surface area (Å²) >= 11 is 1.45. The van der Waals surface area contributed by atoms with Crippen molar-refractivity contribution in [2.24, 2.45) is 0 Å². The molecule has 0 aliphatic carbocycles. The zero-order valence-corrected chi connectivity index (χ0v) is 16.9. The lowest BCUT2D eigenvalue weighted by Crippen LogP contribution is -2.09. The van der Waals surface area contributed by atoms with E-state index in [9.17, 15) is 18.0 Å². The third kappa shape index (κ3) is 5.56. The number of carboxylic acid groups (broad SMARTS) is 1. The summed E-state index contributed by atoms with van der Waals surface area (Å²) in [6, 6.07) is 10.1. The van der Waals surface area contributed by atoms with Gasteiger partial charge < -0.3 is 14.3 Å². The number of halogens is 3. The summed E-state index contributed by atoms with van der Waals surface area (Å²) < 4.78 is 49.1. The van der Waals surface area contributed by atoms with E-state index in [1.54, 1.807) is 19.1 Å². The van der Waals surface area contributed by atoms with Crippen LogP contribution in [0.15, 0.2) is 51.8 Å². The molecule has 0 spiro atoms. The normalized spacial score (nSPS) is 11.5. The van der Waals surface area contributed by atoms with Crippen LogP contribution in [-0.4, -0.2) is 22.7 Å². The first-order chi connectivity index (χ1) is 14.1. The maximum Gasteiger partial charge on any atom is 0.416 e. The van der Waals surface area contributed by atoms with Crippen molar-refractivity contribution < 1.29 is 32.2 Å². The Labute approximate surface area is 174 Å². The Morgan fingerprint density at radius 3 is 2.50 bits per heavy atom. The molecule has 0 aliphatic heterocycles. The number of aromatic nitrogens is 1. The highest BCUT2D eigenvalue weighted by Gasteiger charge is 2.30. The van der Waals surface area contributed by atoms with Crippen LogP contribution in [0, 0.1) is 13.8 Å². The Bertz CT molecular complexity index is 1050. The molecule has 0 radical (unpaired) electrons. The van der Waals surface area contributed by atoms with E-state index in [2.05, 4.69) is 4.98 Å². The fourth-order valence-electron chi connectivity index (χ4n) is 2.66. The number of hydrogen-bond acceptors (Lipinski definition) is 5. The summed E-state index contributed by atoms with van der Waals surface area (Å²) in [6.07, 6.45) is -4.40. The van der Waals surface area contributed by atoms with E-state index in [0.29, 0.717) is 28.5 Å². The molecule has 1 heterocycles. The van der Waals surface area contributed by atoms with E-state index in [4.69, 9.17) is 14.3 Å². The highest BCUT2D eigenvalue weighted by Crippen LogP contribution is 2.33. The summed E-state index contributed by atoms with van der Waals surface area (Å²) in [5.74, 6) is 0.704. The second-order valence-corrected chi connectivity index (χ2v) is 7.60. The molecule has 0 bridgehead atoms. The van der Waals surface area contributed by atoms with Crippen LogP contribution >= 0.6 is 11.8 Å². The minimum absolute atomic E-state index is 0.256. The smallest absolute Gasteiger partial charge is 0.416 e. The molecule has 0 fully saturated rings. The molecular weight excluding hydrogens is 419 g/mol. The molecule has 0 atom stereocenters. The molecule has 3 rings (SSSR count).